The molecule has 19 heavy (non-hydrogen) atoms. The van der Waals surface area contributed by atoms with Crippen LogP contribution >= 0.6 is 0 Å². The van der Waals surface area contributed by atoms with Crippen LogP contribution in [0.3, 0.4) is 0 Å². The van der Waals surface area contributed by atoms with Crippen molar-refractivity contribution in [2.45, 2.75) is 6.92 Å². The zero-order chi connectivity index (χ0) is 14.6. The highest BCUT2D eigenvalue weighted by Crippen LogP contribution is 2.17. The van der Waals surface area contributed by atoms with E-state index in [-0.39, 0.29) is 23.7 Å². The van der Waals surface area contributed by atoms with Gasteiger partial charge in [-0.25, -0.2) is 4.98 Å². The standard InChI is InChI=1S/C12H19N5O2/c1-4-17(7-11(18)16(2)3)10-5-8(12(14)19)9(13)6-15-10/h5-6H,4,7,13H2,1-3H3,(H2,14,19). The van der Waals surface area contributed by atoms with E-state index >= 15 is 0 Å². The number of carbonyl (C=O) groups is 2. The second-order valence-corrected chi connectivity index (χ2v) is 4.30. The third-order valence-corrected chi connectivity index (χ3v) is 2.72. The van der Waals surface area contributed by atoms with E-state index in [9.17, 15) is 9.59 Å². The van der Waals surface area contributed by atoms with Crippen molar-refractivity contribution in [1.29, 1.82) is 0 Å². The third kappa shape index (κ3) is 3.57. The second kappa shape index (κ2) is 6.03. The van der Waals surface area contributed by atoms with Crippen LogP contribution < -0.4 is 16.4 Å². The molecule has 1 aromatic heterocycles. The van der Waals surface area contributed by atoms with Gasteiger partial charge in [0.2, 0.25) is 5.91 Å². The van der Waals surface area contributed by atoms with E-state index in [2.05, 4.69) is 4.98 Å². The Bertz CT molecular complexity index is 487. The molecule has 0 saturated carbocycles. The largest absolute Gasteiger partial charge is 0.397 e. The number of likely N-dealkylation sites (N-methyl/N-ethyl adjacent to an activating group) is 2. The average molecular weight is 265 g/mol. The van der Waals surface area contributed by atoms with Gasteiger partial charge in [-0.05, 0) is 13.0 Å². The van der Waals surface area contributed by atoms with Crippen molar-refractivity contribution in [2.24, 2.45) is 5.73 Å². The van der Waals surface area contributed by atoms with Gasteiger partial charge >= 0.3 is 0 Å². The van der Waals surface area contributed by atoms with Crippen molar-refractivity contribution in [3.63, 3.8) is 0 Å². The van der Waals surface area contributed by atoms with Crippen LogP contribution in [-0.4, -0.2) is 48.9 Å². The zero-order valence-electron chi connectivity index (χ0n) is 11.4. The maximum Gasteiger partial charge on any atom is 0.250 e. The lowest BCUT2D eigenvalue weighted by atomic mass is 10.2. The second-order valence-electron chi connectivity index (χ2n) is 4.30. The minimum Gasteiger partial charge on any atom is -0.397 e. The van der Waals surface area contributed by atoms with Crippen LogP contribution in [0, 0.1) is 0 Å². The van der Waals surface area contributed by atoms with Crippen LogP contribution in [0.2, 0.25) is 0 Å². The molecule has 4 N–H and O–H groups in total. The highest BCUT2D eigenvalue weighted by molar-refractivity contribution is 5.98. The molecule has 1 aromatic rings. The SMILES string of the molecule is CCN(CC(=O)N(C)C)c1cc(C(N)=O)c(N)cn1. The van der Waals surface area contributed by atoms with E-state index in [1.165, 1.54) is 17.2 Å². The van der Waals surface area contributed by atoms with Crippen LogP contribution in [-0.2, 0) is 4.79 Å². The summed E-state index contributed by atoms with van der Waals surface area (Å²) >= 11 is 0. The van der Waals surface area contributed by atoms with Gasteiger partial charge in [0.05, 0.1) is 24.0 Å². The zero-order valence-corrected chi connectivity index (χ0v) is 11.4. The molecule has 2 amide bonds. The molecule has 7 nitrogen and oxygen atoms in total. The van der Waals surface area contributed by atoms with Gasteiger partial charge in [0.1, 0.15) is 5.82 Å². The summed E-state index contributed by atoms with van der Waals surface area (Å²) < 4.78 is 0. The summed E-state index contributed by atoms with van der Waals surface area (Å²) in [6, 6.07) is 1.50. The maximum atomic E-state index is 11.7. The summed E-state index contributed by atoms with van der Waals surface area (Å²) in [5.74, 6) is -0.169. The lowest BCUT2D eigenvalue weighted by Crippen LogP contribution is -2.37. The summed E-state index contributed by atoms with van der Waals surface area (Å²) in [6.45, 7) is 2.65. The molecule has 0 fully saturated rings. The number of aromatic nitrogens is 1. The fourth-order valence-electron chi connectivity index (χ4n) is 1.50. The molecule has 0 atom stereocenters. The van der Waals surface area contributed by atoms with Gasteiger partial charge < -0.3 is 21.3 Å². The van der Waals surface area contributed by atoms with Gasteiger partial charge in [-0.2, -0.15) is 0 Å². The first-order chi connectivity index (χ1) is 8.86. The Labute approximate surface area is 112 Å². The number of hydrogen-bond acceptors (Lipinski definition) is 5. The van der Waals surface area contributed by atoms with Crippen LogP contribution in [0.5, 0.6) is 0 Å². The predicted molar refractivity (Wildman–Crippen MR) is 73.7 cm³/mol. The first kappa shape index (κ1) is 14.7. The molecule has 0 saturated heterocycles. The summed E-state index contributed by atoms with van der Waals surface area (Å²) in [5, 5.41) is 0. The number of amides is 2. The van der Waals surface area contributed by atoms with E-state index in [1.807, 2.05) is 6.92 Å². The molecule has 0 aromatic carbocycles. The molecule has 0 radical (unpaired) electrons. The Balaban J connectivity index is 3.02. The number of carbonyl (C=O) groups excluding carboxylic acids is 2. The Morgan fingerprint density at radius 3 is 2.47 bits per heavy atom. The molecule has 0 aliphatic carbocycles. The van der Waals surface area contributed by atoms with Crippen molar-refractivity contribution in [2.75, 3.05) is 37.8 Å². The van der Waals surface area contributed by atoms with Gasteiger partial charge in [0, 0.05) is 20.6 Å². The fraction of sp³-hybridized carbons (Fsp3) is 0.417. The number of pyridine rings is 1. The molecule has 7 heteroatoms. The first-order valence-corrected chi connectivity index (χ1v) is 5.87. The number of hydrogen-bond donors (Lipinski definition) is 2. The number of rotatable bonds is 5. The van der Waals surface area contributed by atoms with Gasteiger partial charge in [0.25, 0.3) is 5.91 Å². The maximum absolute atomic E-state index is 11.7. The highest BCUT2D eigenvalue weighted by Gasteiger charge is 2.15. The quantitative estimate of drug-likeness (QED) is 0.758. The molecule has 1 rings (SSSR count). The monoisotopic (exact) mass is 265 g/mol. The van der Waals surface area contributed by atoms with E-state index in [0.717, 1.165) is 0 Å². The molecule has 0 aliphatic heterocycles. The summed E-state index contributed by atoms with van der Waals surface area (Å²) in [5.41, 5.74) is 11.3. The Kier molecular flexibility index (Phi) is 4.68. The third-order valence-electron chi connectivity index (χ3n) is 2.72. The minimum atomic E-state index is -0.615. The lowest BCUT2D eigenvalue weighted by molar-refractivity contribution is -0.127. The molecule has 0 unspecified atom stereocenters. The summed E-state index contributed by atoms with van der Waals surface area (Å²) in [6.07, 6.45) is 1.37. The predicted octanol–water partition coefficient (Wildman–Crippen LogP) is -0.323. The van der Waals surface area contributed by atoms with Gasteiger partial charge in [-0.3, -0.25) is 9.59 Å². The van der Waals surface area contributed by atoms with Gasteiger partial charge in [-0.1, -0.05) is 0 Å². The molecule has 0 spiro atoms. The van der Waals surface area contributed by atoms with Crippen molar-refractivity contribution < 1.29 is 9.59 Å². The molecule has 0 bridgehead atoms. The van der Waals surface area contributed by atoms with Crippen LogP contribution in [0.4, 0.5) is 11.5 Å². The molecule has 104 valence electrons. The lowest BCUT2D eigenvalue weighted by Gasteiger charge is -2.23. The molecule has 1 heterocycles. The van der Waals surface area contributed by atoms with E-state index in [4.69, 9.17) is 11.5 Å². The van der Waals surface area contributed by atoms with Crippen molar-refractivity contribution >= 4 is 23.3 Å². The fourth-order valence-corrected chi connectivity index (χ4v) is 1.50. The number of anilines is 2. The van der Waals surface area contributed by atoms with Crippen LogP contribution in [0.15, 0.2) is 12.3 Å². The number of nitrogens with zero attached hydrogens (tertiary/aromatic N) is 3. The number of nitrogens with two attached hydrogens (primary N) is 2. The van der Waals surface area contributed by atoms with Gasteiger partial charge in [-0.15, -0.1) is 0 Å². The number of primary amides is 1. The normalized spacial score (nSPS) is 10.1. The van der Waals surface area contributed by atoms with Crippen LogP contribution in [0.1, 0.15) is 17.3 Å². The summed E-state index contributed by atoms with van der Waals surface area (Å²) in [4.78, 5) is 30.3. The van der Waals surface area contributed by atoms with E-state index < -0.39 is 5.91 Å². The Morgan fingerprint density at radius 2 is 2.00 bits per heavy atom. The average Bonchev–Trinajstić information content (AvgIpc) is 2.35. The highest BCUT2D eigenvalue weighted by atomic mass is 16.2. The van der Waals surface area contributed by atoms with Crippen LogP contribution in [0.25, 0.3) is 0 Å². The molecular weight excluding hydrogens is 246 g/mol. The van der Waals surface area contributed by atoms with Crippen molar-refractivity contribution in [1.82, 2.24) is 9.88 Å². The molecule has 0 aliphatic rings. The smallest absolute Gasteiger partial charge is 0.250 e. The van der Waals surface area contributed by atoms with Gasteiger partial charge in [0.15, 0.2) is 0 Å². The number of nitrogen functional groups attached to an aromatic ring is 1. The minimum absolute atomic E-state index is 0.0545. The van der Waals surface area contributed by atoms with Crippen molar-refractivity contribution in [3.05, 3.63) is 17.8 Å². The van der Waals surface area contributed by atoms with Crippen molar-refractivity contribution in [3.8, 4) is 0 Å². The Morgan fingerprint density at radius 1 is 1.37 bits per heavy atom. The van der Waals surface area contributed by atoms with E-state index in [1.54, 1.807) is 19.0 Å². The first-order valence-electron chi connectivity index (χ1n) is 5.87. The van der Waals surface area contributed by atoms with E-state index in [0.29, 0.717) is 12.4 Å². The topological polar surface area (TPSA) is 106 Å². The molecular formula is C12H19N5O2. The summed E-state index contributed by atoms with van der Waals surface area (Å²) in [7, 11) is 3.36. The Hall–Kier alpha value is -2.31.